The van der Waals surface area contributed by atoms with Gasteiger partial charge in [0, 0.05) is 0 Å². The molecule has 0 heterocycles. The Morgan fingerprint density at radius 2 is 1.68 bits per heavy atom. The highest BCUT2D eigenvalue weighted by Gasteiger charge is 2.23. The molecule has 1 unspecified atom stereocenters. The third-order valence-electron chi connectivity index (χ3n) is 3.33. The molecule has 0 radical (unpaired) electrons. The third kappa shape index (κ3) is 3.22. The van der Waals surface area contributed by atoms with Crippen LogP contribution in [0.25, 0.3) is 0 Å². The zero-order chi connectivity index (χ0) is 13.7. The zero-order valence-electron chi connectivity index (χ0n) is 11.3. The lowest BCUT2D eigenvalue weighted by Crippen LogP contribution is -2.17. The number of benzene rings is 2. The monoisotopic (exact) mass is 254 g/mol. The van der Waals surface area contributed by atoms with Gasteiger partial charge in [0.05, 0.1) is 13.0 Å². The molecule has 0 saturated heterocycles. The predicted octanol–water partition coefficient (Wildman–Crippen LogP) is 3.49. The van der Waals surface area contributed by atoms with Gasteiger partial charge in [-0.1, -0.05) is 54.6 Å². The fraction of sp³-hybridized carbons (Fsp3) is 0.235. The Bertz CT molecular complexity index is 546. The summed E-state index contributed by atoms with van der Waals surface area (Å²) in [4.78, 5) is 12.0. The van der Waals surface area contributed by atoms with Gasteiger partial charge in [-0.3, -0.25) is 4.79 Å². The van der Waals surface area contributed by atoms with Crippen molar-refractivity contribution in [1.29, 1.82) is 0 Å². The van der Waals surface area contributed by atoms with Crippen molar-refractivity contribution in [2.45, 2.75) is 19.3 Å². The molecule has 1 atom stereocenters. The first-order valence-corrected chi connectivity index (χ1v) is 6.39. The average Bonchev–Trinajstić information content (AvgIpc) is 2.46. The molecule has 19 heavy (non-hydrogen) atoms. The summed E-state index contributed by atoms with van der Waals surface area (Å²) in [7, 11) is 1.44. The van der Waals surface area contributed by atoms with Crippen LogP contribution in [0.1, 0.15) is 22.6 Å². The van der Waals surface area contributed by atoms with Crippen LogP contribution in [0.3, 0.4) is 0 Å². The standard InChI is InChI=1S/C17H18O2/c1-13-8-6-7-11-15(13)16(17(18)19-2)12-14-9-4-3-5-10-14/h3-11,16H,12H2,1-2H3. The highest BCUT2D eigenvalue weighted by molar-refractivity contribution is 5.79. The van der Waals surface area contributed by atoms with Gasteiger partial charge in [-0.2, -0.15) is 0 Å². The van der Waals surface area contributed by atoms with Crippen molar-refractivity contribution in [1.82, 2.24) is 0 Å². The maximum absolute atomic E-state index is 12.0. The number of methoxy groups -OCH3 is 1. The van der Waals surface area contributed by atoms with Gasteiger partial charge in [-0.05, 0) is 30.0 Å². The number of carbonyl (C=O) groups is 1. The van der Waals surface area contributed by atoms with Crippen LogP contribution in [0.15, 0.2) is 54.6 Å². The summed E-state index contributed by atoms with van der Waals surface area (Å²) in [6, 6.07) is 18.0. The van der Waals surface area contributed by atoms with Crippen molar-refractivity contribution in [3.05, 3.63) is 71.3 Å². The average molecular weight is 254 g/mol. The lowest BCUT2D eigenvalue weighted by atomic mass is 9.89. The largest absolute Gasteiger partial charge is 0.469 e. The topological polar surface area (TPSA) is 26.3 Å². The second-order valence-corrected chi connectivity index (χ2v) is 4.62. The number of esters is 1. The Morgan fingerprint density at radius 3 is 2.32 bits per heavy atom. The molecule has 0 saturated carbocycles. The molecule has 0 aliphatic heterocycles. The van der Waals surface area contributed by atoms with Gasteiger partial charge in [0.1, 0.15) is 0 Å². The zero-order valence-corrected chi connectivity index (χ0v) is 11.3. The Labute approximate surface area is 114 Å². The molecule has 0 bridgehead atoms. The molecule has 0 spiro atoms. The normalized spacial score (nSPS) is 11.9. The smallest absolute Gasteiger partial charge is 0.313 e. The van der Waals surface area contributed by atoms with Gasteiger partial charge in [0.2, 0.25) is 0 Å². The molecule has 0 aromatic heterocycles. The van der Waals surface area contributed by atoms with Crippen molar-refractivity contribution in [2.24, 2.45) is 0 Å². The molecule has 98 valence electrons. The fourth-order valence-electron chi connectivity index (χ4n) is 2.29. The van der Waals surface area contributed by atoms with Gasteiger partial charge in [-0.25, -0.2) is 0 Å². The summed E-state index contributed by atoms with van der Waals surface area (Å²) >= 11 is 0. The van der Waals surface area contributed by atoms with Crippen molar-refractivity contribution in [2.75, 3.05) is 7.11 Å². The highest BCUT2D eigenvalue weighted by Crippen LogP contribution is 2.25. The van der Waals surface area contributed by atoms with Gasteiger partial charge < -0.3 is 4.74 Å². The Morgan fingerprint density at radius 1 is 1.05 bits per heavy atom. The van der Waals surface area contributed by atoms with Crippen LogP contribution in [-0.4, -0.2) is 13.1 Å². The molecule has 0 aliphatic carbocycles. The van der Waals surface area contributed by atoms with E-state index in [1.807, 2.05) is 61.5 Å². The summed E-state index contributed by atoms with van der Waals surface area (Å²) in [5.41, 5.74) is 3.30. The van der Waals surface area contributed by atoms with Crippen LogP contribution in [0.5, 0.6) is 0 Å². The van der Waals surface area contributed by atoms with E-state index in [1.165, 1.54) is 7.11 Å². The summed E-state index contributed by atoms with van der Waals surface area (Å²) in [5, 5.41) is 0. The Balaban J connectivity index is 2.32. The molecule has 2 heteroatoms. The predicted molar refractivity (Wildman–Crippen MR) is 76.1 cm³/mol. The van der Waals surface area contributed by atoms with Crippen molar-refractivity contribution in [3.8, 4) is 0 Å². The van der Waals surface area contributed by atoms with Gasteiger partial charge >= 0.3 is 5.97 Å². The van der Waals surface area contributed by atoms with Crippen molar-refractivity contribution >= 4 is 5.97 Å². The van der Waals surface area contributed by atoms with E-state index in [2.05, 4.69) is 0 Å². The van der Waals surface area contributed by atoms with Crippen molar-refractivity contribution in [3.63, 3.8) is 0 Å². The Kier molecular flexibility index (Phi) is 4.35. The van der Waals surface area contributed by atoms with Gasteiger partial charge in [0.15, 0.2) is 0 Å². The molecular formula is C17H18O2. The molecule has 2 aromatic rings. The van der Waals surface area contributed by atoms with Gasteiger partial charge in [-0.15, -0.1) is 0 Å². The number of hydrogen-bond donors (Lipinski definition) is 0. The van der Waals surface area contributed by atoms with Crippen LogP contribution >= 0.6 is 0 Å². The quantitative estimate of drug-likeness (QED) is 0.781. The summed E-state index contributed by atoms with van der Waals surface area (Å²) in [6.07, 6.45) is 0.665. The number of rotatable bonds is 4. The third-order valence-corrected chi connectivity index (χ3v) is 3.33. The van der Waals surface area contributed by atoms with Crippen LogP contribution < -0.4 is 0 Å². The summed E-state index contributed by atoms with van der Waals surface area (Å²) in [5.74, 6) is -0.424. The molecule has 2 nitrogen and oxygen atoms in total. The van der Waals surface area contributed by atoms with Crippen LogP contribution in [0.2, 0.25) is 0 Å². The molecular weight excluding hydrogens is 236 g/mol. The van der Waals surface area contributed by atoms with E-state index in [0.29, 0.717) is 6.42 Å². The van der Waals surface area contributed by atoms with Crippen LogP contribution in [0.4, 0.5) is 0 Å². The first-order chi connectivity index (χ1) is 9.22. The second kappa shape index (κ2) is 6.19. The lowest BCUT2D eigenvalue weighted by Gasteiger charge is -2.17. The van der Waals surface area contributed by atoms with E-state index in [4.69, 9.17) is 4.74 Å². The first kappa shape index (κ1) is 13.3. The van der Waals surface area contributed by atoms with E-state index in [1.54, 1.807) is 0 Å². The molecule has 0 N–H and O–H groups in total. The maximum Gasteiger partial charge on any atom is 0.313 e. The van der Waals surface area contributed by atoms with E-state index < -0.39 is 0 Å². The molecule has 0 aliphatic rings. The summed E-state index contributed by atoms with van der Waals surface area (Å²) < 4.78 is 4.96. The minimum absolute atomic E-state index is 0.182. The number of hydrogen-bond acceptors (Lipinski definition) is 2. The molecule has 0 amide bonds. The van der Waals surface area contributed by atoms with E-state index in [0.717, 1.165) is 16.7 Å². The number of ether oxygens (including phenoxy) is 1. The fourth-order valence-corrected chi connectivity index (χ4v) is 2.29. The van der Waals surface area contributed by atoms with Crippen molar-refractivity contribution < 1.29 is 9.53 Å². The summed E-state index contributed by atoms with van der Waals surface area (Å²) in [6.45, 7) is 2.02. The van der Waals surface area contributed by atoms with E-state index in [-0.39, 0.29) is 11.9 Å². The Hall–Kier alpha value is -2.09. The second-order valence-electron chi connectivity index (χ2n) is 4.62. The van der Waals surface area contributed by atoms with E-state index in [9.17, 15) is 4.79 Å². The number of aryl methyl sites for hydroxylation is 1. The molecule has 0 fully saturated rings. The lowest BCUT2D eigenvalue weighted by molar-refractivity contribution is -0.142. The molecule has 2 aromatic carbocycles. The minimum Gasteiger partial charge on any atom is -0.469 e. The molecule has 2 rings (SSSR count). The van der Waals surface area contributed by atoms with E-state index >= 15 is 0 Å². The number of carbonyl (C=O) groups excluding carboxylic acids is 1. The SMILES string of the molecule is COC(=O)C(Cc1ccccc1)c1ccccc1C. The van der Waals surface area contributed by atoms with Gasteiger partial charge in [0.25, 0.3) is 0 Å². The van der Waals surface area contributed by atoms with Crippen LogP contribution in [0, 0.1) is 6.92 Å². The highest BCUT2D eigenvalue weighted by atomic mass is 16.5. The maximum atomic E-state index is 12.0. The van der Waals surface area contributed by atoms with Crippen LogP contribution in [-0.2, 0) is 16.0 Å². The first-order valence-electron chi connectivity index (χ1n) is 6.39. The minimum atomic E-state index is -0.242.